The molecule has 0 spiro atoms. The van der Waals surface area contributed by atoms with Crippen LogP contribution in [0.2, 0.25) is 0 Å². The molecule has 1 N–H and O–H groups in total. The van der Waals surface area contributed by atoms with Gasteiger partial charge in [0.15, 0.2) is 12.0 Å². The Hall–Kier alpha value is -2.34. The molecular weight excluding hydrogens is 274 g/mol. The Morgan fingerprint density at radius 3 is 2.67 bits per heavy atom. The SMILES string of the molecule is O=C1C=C(N2CCOCC2)OC(c2cccc(O)c2)C1=O. The fourth-order valence-corrected chi connectivity index (χ4v) is 2.38. The van der Waals surface area contributed by atoms with Crippen LogP contribution < -0.4 is 0 Å². The monoisotopic (exact) mass is 289 g/mol. The smallest absolute Gasteiger partial charge is 0.247 e. The van der Waals surface area contributed by atoms with Crippen LogP contribution in [0.1, 0.15) is 11.7 Å². The lowest BCUT2D eigenvalue weighted by molar-refractivity contribution is -0.144. The van der Waals surface area contributed by atoms with Gasteiger partial charge in [0.1, 0.15) is 5.75 Å². The molecule has 6 nitrogen and oxygen atoms in total. The van der Waals surface area contributed by atoms with Gasteiger partial charge in [-0.1, -0.05) is 12.1 Å². The van der Waals surface area contributed by atoms with Crippen LogP contribution in [0.3, 0.4) is 0 Å². The molecule has 1 saturated heterocycles. The number of ketones is 2. The summed E-state index contributed by atoms with van der Waals surface area (Å²) in [6.07, 6.45) is 0.222. The maximum Gasteiger partial charge on any atom is 0.247 e. The number of carbonyl (C=O) groups excluding carboxylic acids is 2. The van der Waals surface area contributed by atoms with Gasteiger partial charge in [0.25, 0.3) is 0 Å². The predicted octanol–water partition coefficient (Wildman–Crippen LogP) is 0.775. The van der Waals surface area contributed by atoms with Crippen LogP contribution in [-0.2, 0) is 19.1 Å². The summed E-state index contributed by atoms with van der Waals surface area (Å²) in [4.78, 5) is 25.8. The number of carbonyl (C=O) groups is 2. The maximum absolute atomic E-state index is 12.0. The Bertz CT molecular complexity index is 604. The summed E-state index contributed by atoms with van der Waals surface area (Å²) in [5.41, 5.74) is 0.465. The second-order valence-electron chi connectivity index (χ2n) is 4.90. The number of hydrogen-bond donors (Lipinski definition) is 1. The standard InChI is InChI=1S/C15H15NO5/c17-11-3-1-2-10(8-11)15-14(19)12(18)9-13(21-15)16-4-6-20-7-5-16/h1-3,8-9,15,17H,4-7H2. The molecule has 2 aliphatic heterocycles. The molecule has 2 aliphatic rings. The fraction of sp³-hybridized carbons (Fsp3) is 0.333. The van der Waals surface area contributed by atoms with Gasteiger partial charge in [-0.15, -0.1) is 0 Å². The molecule has 21 heavy (non-hydrogen) atoms. The van der Waals surface area contributed by atoms with E-state index in [1.165, 1.54) is 18.2 Å². The molecule has 1 unspecified atom stereocenters. The van der Waals surface area contributed by atoms with E-state index >= 15 is 0 Å². The molecule has 1 aromatic carbocycles. The van der Waals surface area contributed by atoms with Gasteiger partial charge in [-0.05, 0) is 12.1 Å². The van der Waals surface area contributed by atoms with Crippen LogP contribution in [0, 0.1) is 0 Å². The van der Waals surface area contributed by atoms with Crippen molar-refractivity contribution >= 4 is 11.6 Å². The maximum atomic E-state index is 12.0. The van der Waals surface area contributed by atoms with Crippen molar-refractivity contribution in [3.8, 4) is 5.75 Å². The van der Waals surface area contributed by atoms with Crippen molar-refractivity contribution in [3.05, 3.63) is 41.8 Å². The number of hydrogen-bond acceptors (Lipinski definition) is 6. The molecule has 0 radical (unpaired) electrons. The van der Waals surface area contributed by atoms with E-state index in [1.54, 1.807) is 12.1 Å². The average Bonchev–Trinajstić information content (AvgIpc) is 2.51. The summed E-state index contributed by atoms with van der Waals surface area (Å²) in [7, 11) is 0. The van der Waals surface area contributed by atoms with Gasteiger partial charge in [-0.25, -0.2) is 0 Å². The minimum atomic E-state index is -1.01. The Labute approximate surface area is 121 Å². The molecule has 110 valence electrons. The zero-order valence-corrected chi connectivity index (χ0v) is 11.3. The normalized spacial score (nSPS) is 22.8. The topological polar surface area (TPSA) is 76.1 Å². The molecule has 0 aromatic heterocycles. The fourth-order valence-electron chi connectivity index (χ4n) is 2.38. The van der Waals surface area contributed by atoms with Crippen LogP contribution in [0.25, 0.3) is 0 Å². The summed E-state index contributed by atoms with van der Waals surface area (Å²) in [5.74, 6) is -0.802. The number of phenolic OH excluding ortho intramolecular Hbond substituents is 1. The number of aromatic hydroxyl groups is 1. The first-order chi connectivity index (χ1) is 10.1. The summed E-state index contributed by atoms with van der Waals surface area (Å²) in [6.45, 7) is 2.33. The lowest BCUT2D eigenvalue weighted by atomic mass is 10.0. The minimum Gasteiger partial charge on any atom is -0.508 e. The van der Waals surface area contributed by atoms with E-state index in [4.69, 9.17) is 9.47 Å². The molecule has 0 amide bonds. The van der Waals surface area contributed by atoms with E-state index in [2.05, 4.69) is 0 Å². The van der Waals surface area contributed by atoms with Gasteiger partial charge >= 0.3 is 0 Å². The second-order valence-corrected chi connectivity index (χ2v) is 4.90. The lowest BCUT2D eigenvalue weighted by Gasteiger charge is -2.34. The number of benzene rings is 1. The van der Waals surface area contributed by atoms with Gasteiger partial charge < -0.3 is 19.5 Å². The Balaban J connectivity index is 1.87. The number of Topliss-reactive ketones (excluding diaryl/α,β-unsaturated/α-hetero) is 1. The Morgan fingerprint density at radius 1 is 1.19 bits per heavy atom. The van der Waals surface area contributed by atoms with E-state index in [1.807, 2.05) is 4.90 Å². The summed E-state index contributed by atoms with van der Waals surface area (Å²) in [6, 6.07) is 6.19. The molecule has 2 heterocycles. The number of rotatable bonds is 2. The number of morpholine rings is 1. The highest BCUT2D eigenvalue weighted by Crippen LogP contribution is 2.29. The van der Waals surface area contributed by atoms with Crippen molar-refractivity contribution in [1.82, 2.24) is 4.90 Å². The third kappa shape index (κ3) is 2.75. The van der Waals surface area contributed by atoms with Crippen molar-refractivity contribution in [2.75, 3.05) is 26.3 Å². The van der Waals surface area contributed by atoms with E-state index in [0.717, 1.165) is 0 Å². The largest absolute Gasteiger partial charge is 0.508 e. The highest BCUT2D eigenvalue weighted by atomic mass is 16.5. The number of nitrogens with zero attached hydrogens (tertiary/aromatic N) is 1. The molecule has 0 saturated carbocycles. The Kier molecular flexibility index (Phi) is 3.62. The first-order valence-electron chi connectivity index (χ1n) is 6.73. The summed E-state index contributed by atoms with van der Waals surface area (Å²) >= 11 is 0. The molecule has 0 aliphatic carbocycles. The van der Waals surface area contributed by atoms with Crippen molar-refractivity contribution in [1.29, 1.82) is 0 Å². The molecule has 0 bridgehead atoms. The molecular formula is C15H15NO5. The van der Waals surface area contributed by atoms with Crippen LogP contribution in [0.15, 0.2) is 36.2 Å². The number of ether oxygens (including phenoxy) is 2. The van der Waals surface area contributed by atoms with Gasteiger partial charge in [-0.2, -0.15) is 0 Å². The third-order valence-corrected chi connectivity index (χ3v) is 3.47. The lowest BCUT2D eigenvalue weighted by Crippen LogP contribution is -2.40. The molecule has 1 aromatic rings. The second kappa shape index (κ2) is 5.57. The van der Waals surface area contributed by atoms with Crippen molar-refractivity contribution < 1.29 is 24.2 Å². The molecule has 6 heteroatoms. The van der Waals surface area contributed by atoms with Gasteiger partial charge in [0.2, 0.25) is 11.6 Å². The van der Waals surface area contributed by atoms with Gasteiger partial charge in [0.05, 0.1) is 13.2 Å². The van der Waals surface area contributed by atoms with Crippen LogP contribution in [-0.4, -0.2) is 47.9 Å². The third-order valence-electron chi connectivity index (χ3n) is 3.47. The quantitative estimate of drug-likeness (QED) is 0.811. The number of phenols is 1. The van der Waals surface area contributed by atoms with Crippen LogP contribution >= 0.6 is 0 Å². The summed E-state index contributed by atoms with van der Waals surface area (Å²) < 4.78 is 11.0. The predicted molar refractivity (Wildman–Crippen MR) is 72.4 cm³/mol. The van der Waals surface area contributed by atoms with Crippen LogP contribution in [0.4, 0.5) is 0 Å². The molecule has 1 atom stereocenters. The Morgan fingerprint density at radius 2 is 1.95 bits per heavy atom. The molecule has 1 fully saturated rings. The average molecular weight is 289 g/mol. The highest BCUT2D eigenvalue weighted by Gasteiger charge is 2.35. The highest BCUT2D eigenvalue weighted by molar-refractivity contribution is 6.43. The zero-order chi connectivity index (χ0) is 14.8. The molecule has 3 rings (SSSR count). The van der Waals surface area contributed by atoms with Gasteiger partial charge in [-0.3, -0.25) is 9.59 Å². The van der Waals surface area contributed by atoms with Crippen molar-refractivity contribution in [3.63, 3.8) is 0 Å². The van der Waals surface area contributed by atoms with Crippen molar-refractivity contribution in [2.24, 2.45) is 0 Å². The van der Waals surface area contributed by atoms with Crippen LogP contribution in [0.5, 0.6) is 5.75 Å². The first kappa shape index (κ1) is 13.6. The van der Waals surface area contributed by atoms with E-state index < -0.39 is 17.7 Å². The van der Waals surface area contributed by atoms with E-state index in [9.17, 15) is 14.7 Å². The zero-order valence-electron chi connectivity index (χ0n) is 11.3. The first-order valence-corrected chi connectivity index (χ1v) is 6.73. The van der Waals surface area contributed by atoms with E-state index in [-0.39, 0.29) is 5.75 Å². The van der Waals surface area contributed by atoms with E-state index in [0.29, 0.717) is 37.7 Å². The minimum absolute atomic E-state index is 0.0267. The summed E-state index contributed by atoms with van der Waals surface area (Å²) in [5, 5.41) is 9.52. The van der Waals surface area contributed by atoms with Crippen molar-refractivity contribution in [2.45, 2.75) is 6.10 Å². The van der Waals surface area contributed by atoms with Gasteiger partial charge in [0, 0.05) is 24.7 Å². The number of allylic oxidation sites excluding steroid dienone is 1.